The quantitative estimate of drug-likeness (QED) is 0.925. The molecule has 0 spiro atoms. The third kappa shape index (κ3) is 2.66. The zero-order valence-corrected chi connectivity index (χ0v) is 13.0. The molecule has 1 aromatic heterocycles. The molecule has 3 rings (SSSR count). The number of anilines is 1. The summed E-state index contributed by atoms with van der Waals surface area (Å²) in [6, 6.07) is 6.98. The second kappa shape index (κ2) is 5.50. The molecule has 0 aliphatic carbocycles. The zero-order chi connectivity index (χ0) is 15.0. The standard InChI is InChI=1S/C16H23N5/c1-19(2)14-5-4-13-11-21(16(7-17)15(13)6-14)10-12-8-18-20(3)9-12/h4-6,8-9,16H,7,10-11,17H2,1-3H3. The first-order chi connectivity index (χ1) is 10.1. The van der Waals surface area contributed by atoms with Crippen LogP contribution in [0.3, 0.4) is 0 Å². The topological polar surface area (TPSA) is 50.3 Å². The second-order valence-electron chi connectivity index (χ2n) is 5.96. The van der Waals surface area contributed by atoms with Crippen LogP contribution in [0.15, 0.2) is 30.6 Å². The first-order valence-electron chi connectivity index (χ1n) is 7.30. The van der Waals surface area contributed by atoms with Crippen molar-refractivity contribution in [3.05, 3.63) is 47.3 Å². The van der Waals surface area contributed by atoms with Crippen LogP contribution in [0.2, 0.25) is 0 Å². The molecule has 5 heteroatoms. The van der Waals surface area contributed by atoms with Gasteiger partial charge in [0.15, 0.2) is 0 Å². The highest BCUT2D eigenvalue weighted by Crippen LogP contribution is 2.36. The Morgan fingerprint density at radius 2 is 2.19 bits per heavy atom. The Labute approximate surface area is 126 Å². The predicted molar refractivity (Wildman–Crippen MR) is 85.0 cm³/mol. The lowest BCUT2D eigenvalue weighted by Gasteiger charge is -2.23. The molecule has 2 N–H and O–H groups in total. The first-order valence-corrected chi connectivity index (χ1v) is 7.30. The van der Waals surface area contributed by atoms with Crippen molar-refractivity contribution in [2.75, 3.05) is 25.5 Å². The molecule has 0 amide bonds. The summed E-state index contributed by atoms with van der Waals surface area (Å²) >= 11 is 0. The van der Waals surface area contributed by atoms with Crippen molar-refractivity contribution in [1.29, 1.82) is 0 Å². The smallest absolute Gasteiger partial charge is 0.0534 e. The number of fused-ring (bicyclic) bond motifs is 1. The van der Waals surface area contributed by atoms with Crippen molar-refractivity contribution in [1.82, 2.24) is 14.7 Å². The molecule has 2 aromatic rings. The van der Waals surface area contributed by atoms with E-state index in [1.807, 2.05) is 17.9 Å². The van der Waals surface area contributed by atoms with Gasteiger partial charge in [-0.25, -0.2) is 0 Å². The molecule has 5 nitrogen and oxygen atoms in total. The lowest BCUT2D eigenvalue weighted by molar-refractivity contribution is 0.211. The highest BCUT2D eigenvalue weighted by molar-refractivity contribution is 5.52. The number of aromatic nitrogens is 2. The van der Waals surface area contributed by atoms with Gasteiger partial charge in [-0.05, 0) is 23.3 Å². The van der Waals surface area contributed by atoms with Gasteiger partial charge in [-0.2, -0.15) is 5.10 Å². The van der Waals surface area contributed by atoms with Crippen LogP contribution in [0.5, 0.6) is 0 Å². The third-order valence-electron chi connectivity index (χ3n) is 4.19. The summed E-state index contributed by atoms with van der Waals surface area (Å²) in [7, 11) is 6.09. The molecule has 0 radical (unpaired) electrons. The monoisotopic (exact) mass is 285 g/mol. The molecule has 1 aliphatic rings. The van der Waals surface area contributed by atoms with Crippen molar-refractivity contribution >= 4 is 5.69 Å². The van der Waals surface area contributed by atoms with Gasteiger partial charge in [-0.15, -0.1) is 0 Å². The number of aryl methyl sites for hydroxylation is 1. The van der Waals surface area contributed by atoms with Crippen LogP contribution in [0.25, 0.3) is 0 Å². The van der Waals surface area contributed by atoms with E-state index >= 15 is 0 Å². The van der Waals surface area contributed by atoms with E-state index in [9.17, 15) is 0 Å². The summed E-state index contributed by atoms with van der Waals surface area (Å²) in [5.41, 5.74) is 11.3. The minimum Gasteiger partial charge on any atom is -0.378 e. The molecule has 21 heavy (non-hydrogen) atoms. The van der Waals surface area contributed by atoms with E-state index in [1.54, 1.807) is 0 Å². The number of rotatable bonds is 4. The van der Waals surface area contributed by atoms with Crippen LogP contribution in [0, 0.1) is 0 Å². The summed E-state index contributed by atoms with van der Waals surface area (Å²) in [5.74, 6) is 0. The molecular formula is C16H23N5. The molecule has 1 aromatic carbocycles. The Kier molecular flexibility index (Phi) is 3.69. The molecule has 2 heterocycles. The minimum atomic E-state index is 0.292. The summed E-state index contributed by atoms with van der Waals surface area (Å²) in [5, 5.41) is 4.25. The lowest BCUT2D eigenvalue weighted by atomic mass is 10.0. The number of hydrogen-bond donors (Lipinski definition) is 1. The van der Waals surface area contributed by atoms with Gasteiger partial charge in [-0.3, -0.25) is 9.58 Å². The van der Waals surface area contributed by atoms with E-state index in [0.29, 0.717) is 12.6 Å². The zero-order valence-electron chi connectivity index (χ0n) is 13.0. The lowest BCUT2D eigenvalue weighted by Crippen LogP contribution is -2.27. The van der Waals surface area contributed by atoms with Gasteiger partial charge < -0.3 is 10.6 Å². The second-order valence-corrected chi connectivity index (χ2v) is 5.96. The Morgan fingerprint density at radius 3 is 2.81 bits per heavy atom. The summed E-state index contributed by atoms with van der Waals surface area (Å²) < 4.78 is 1.85. The number of nitrogens with zero attached hydrogens (tertiary/aromatic N) is 4. The van der Waals surface area contributed by atoms with E-state index in [0.717, 1.165) is 13.1 Å². The molecular weight excluding hydrogens is 262 g/mol. The Hall–Kier alpha value is -1.85. The molecule has 0 saturated heterocycles. The predicted octanol–water partition coefficient (Wildman–Crippen LogP) is 1.50. The Bertz CT molecular complexity index is 631. The fourth-order valence-electron chi connectivity index (χ4n) is 3.07. The highest BCUT2D eigenvalue weighted by atomic mass is 15.3. The van der Waals surface area contributed by atoms with Gasteiger partial charge in [0.25, 0.3) is 0 Å². The minimum absolute atomic E-state index is 0.292. The van der Waals surface area contributed by atoms with Gasteiger partial charge in [-0.1, -0.05) is 6.07 Å². The normalized spacial score (nSPS) is 18.0. The fourth-order valence-corrected chi connectivity index (χ4v) is 3.07. The maximum absolute atomic E-state index is 6.05. The summed E-state index contributed by atoms with van der Waals surface area (Å²) in [6.07, 6.45) is 4.00. The highest BCUT2D eigenvalue weighted by Gasteiger charge is 2.29. The van der Waals surface area contributed by atoms with Crippen LogP contribution >= 0.6 is 0 Å². The maximum Gasteiger partial charge on any atom is 0.0534 e. The van der Waals surface area contributed by atoms with Gasteiger partial charge in [0.1, 0.15) is 0 Å². The summed E-state index contributed by atoms with van der Waals surface area (Å²) in [4.78, 5) is 4.57. The van der Waals surface area contributed by atoms with Crippen molar-refractivity contribution in [3.63, 3.8) is 0 Å². The third-order valence-corrected chi connectivity index (χ3v) is 4.19. The van der Waals surface area contributed by atoms with Crippen LogP contribution in [0.4, 0.5) is 5.69 Å². The number of hydrogen-bond acceptors (Lipinski definition) is 4. The van der Waals surface area contributed by atoms with Gasteiger partial charge in [0.05, 0.1) is 6.20 Å². The fraction of sp³-hybridized carbons (Fsp3) is 0.438. The average Bonchev–Trinajstić information content (AvgIpc) is 3.01. The van der Waals surface area contributed by atoms with Crippen molar-refractivity contribution < 1.29 is 0 Å². The molecule has 112 valence electrons. The van der Waals surface area contributed by atoms with E-state index < -0.39 is 0 Å². The maximum atomic E-state index is 6.05. The van der Waals surface area contributed by atoms with Gasteiger partial charge in [0.2, 0.25) is 0 Å². The molecule has 0 saturated carbocycles. The summed E-state index contributed by atoms with van der Waals surface area (Å²) in [6.45, 7) is 2.49. The largest absolute Gasteiger partial charge is 0.378 e. The van der Waals surface area contributed by atoms with Crippen LogP contribution < -0.4 is 10.6 Å². The average molecular weight is 285 g/mol. The number of nitrogens with two attached hydrogens (primary N) is 1. The van der Waals surface area contributed by atoms with Crippen molar-refractivity contribution in [3.8, 4) is 0 Å². The molecule has 1 unspecified atom stereocenters. The van der Waals surface area contributed by atoms with Crippen LogP contribution in [0.1, 0.15) is 22.7 Å². The van der Waals surface area contributed by atoms with E-state index in [4.69, 9.17) is 5.73 Å². The molecule has 0 fully saturated rings. The van der Waals surface area contributed by atoms with Crippen LogP contribution in [-0.4, -0.2) is 35.3 Å². The van der Waals surface area contributed by atoms with Crippen LogP contribution in [-0.2, 0) is 20.1 Å². The van der Waals surface area contributed by atoms with Gasteiger partial charge >= 0.3 is 0 Å². The SMILES string of the molecule is CN(C)c1ccc2c(c1)C(CN)N(Cc1cnn(C)c1)C2. The molecule has 0 bridgehead atoms. The van der Waals surface area contributed by atoms with Crippen molar-refractivity contribution in [2.45, 2.75) is 19.1 Å². The van der Waals surface area contributed by atoms with Gasteiger partial charge in [0, 0.05) is 64.3 Å². The molecule has 1 atom stereocenters. The Balaban J connectivity index is 1.85. The van der Waals surface area contributed by atoms with E-state index in [2.05, 4.69) is 53.4 Å². The van der Waals surface area contributed by atoms with E-state index in [-0.39, 0.29) is 0 Å². The van der Waals surface area contributed by atoms with E-state index in [1.165, 1.54) is 22.4 Å². The first kappa shape index (κ1) is 14.1. The van der Waals surface area contributed by atoms with Crippen molar-refractivity contribution in [2.24, 2.45) is 12.8 Å². The number of benzene rings is 1. The molecule has 1 aliphatic heterocycles. The Morgan fingerprint density at radius 1 is 1.38 bits per heavy atom.